The summed E-state index contributed by atoms with van der Waals surface area (Å²) >= 11 is 0. The summed E-state index contributed by atoms with van der Waals surface area (Å²) < 4.78 is 0. The highest BCUT2D eigenvalue weighted by Crippen LogP contribution is 2.16. The maximum Gasteiger partial charge on any atom is 0.251 e. The van der Waals surface area contributed by atoms with E-state index >= 15 is 0 Å². The molecule has 1 saturated heterocycles. The van der Waals surface area contributed by atoms with E-state index in [0.717, 1.165) is 25.8 Å². The molecule has 1 aromatic carbocycles. The Hall–Kier alpha value is -1.59. The third-order valence-corrected chi connectivity index (χ3v) is 3.66. The molecule has 0 spiro atoms. The number of piperidine rings is 1. The number of amides is 2. The van der Waals surface area contributed by atoms with Gasteiger partial charge in [0.1, 0.15) is 0 Å². The number of carbonyl (C=O) groups excluding carboxylic acids is 2. The minimum atomic E-state index is -0.101. The molecule has 5 nitrogen and oxygen atoms in total. The van der Waals surface area contributed by atoms with Crippen molar-refractivity contribution in [3.8, 4) is 0 Å². The molecule has 1 aliphatic heterocycles. The number of hydrogen-bond donors (Lipinski definition) is 2. The second kappa shape index (κ2) is 8.64. The molecule has 0 aliphatic carbocycles. The topological polar surface area (TPSA) is 75.4 Å². The van der Waals surface area contributed by atoms with Crippen LogP contribution < -0.4 is 11.1 Å². The number of nitrogens with zero attached hydrogens (tertiary/aromatic N) is 1. The van der Waals surface area contributed by atoms with Crippen LogP contribution in [0.5, 0.6) is 0 Å². The molecule has 2 rings (SSSR count). The predicted octanol–water partition coefficient (Wildman–Crippen LogP) is 1.18. The Morgan fingerprint density at radius 1 is 1.24 bits per heavy atom. The normalized spacial score (nSPS) is 17.8. The van der Waals surface area contributed by atoms with E-state index in [9.17, 15) is 9.59 Å². The maximum absolute atomic E-state index is 12.0. The fourth-order valence-corrected chi connectivity index (χ4v) is 2.56. The van der Waals surface area contributed by atoms with Gasteiger partial charge in [-0.1, -0.05) is 18.2 Å². The Kier molecular flexibility index (Phi) is 7.19. The number of rotatable bonds is 4. The number of benzene rings is 1. The van der Waals surface area contributed by atoms with Gasteiger partial charge in [0.2, 0.25) is 5.91 Å². The van der Waals surface area contributed by atoms with Crippen LogP contribution in [0.4, 0.5) is 0 Å². The molecule has 1 heterocycles. The van der Waals surface area contributed by atoms with Gasteiger partial charge in [-0.05, 0) is 31.4 Å². The average molecular weight is 312 g/mol. The second-order valence-electron chi connectivity index (χ2n) is 5.02. The highest BCUT2D eigenvalue weighted by Gasteiger charge is 2.26. The molecule has 0 aromatic heterocycles. The van der Waals surface area contributed by atoms with Crippen molar-refractivity contribution in [3.63, 3.8) is 0 Å². The molecule has 0 radical (unpaired) electrons. The van der Waals surface area contributed by atoms with Gasteiger partial charge in [-0.25, -0.2) is 0 Å². The van der Waals surface area contributed by atoms with E-state index in [0.29, 0.717) is 12.1 Å². The van der Waals surface area contributed by atoms with Crippen molar-refractivity contribution in [1.29, 1.82) is 0 Å². The number of hydrogen-bond acceptors (Lipinski definition) is 3. The summed E-state index contributed by atoms with van der Waals surface area (Å²) in [6, 6.07) is 9.16. The molecule has 1 unspecified atom stereocenters. The Bertz CT molecular complexity index is 467. The summed E-state index contributed by atoms with van der Waals surface area (Å²) in [5, 5.41) is 2.90. The zero-order chi connectivity index (χ0) is 14.4. The third-order valence-electron chi connectivity index (χ3n) is 3.66. The molecule has 1 aliphatic rings. The van der Waals surface area contributed by atoms with Crippen molar-refractivity contribution in [2.75, 3.05) is 19.6 Å². The lowest BCUT2D eigenvalue weighted by molar-refractivity contribution is -0.133. The molecular formula is C15H22ClN3O2. The molecule has 3 N–H and O–H groups in total. The summed E-state index contributed by atoms with van der Waals surface area (Å²) in [4.78, 5) is 25.6. The molecule has 116 valence electrons. The summed E-state index contributed by atoms with van der Waals surface area (Å²) in [5.41, 5.74) is 6.07. The van der Waals surface area contributed by atoms with E-state index in [-0.39, 0.29) is 36.8 Å². The lowest BCUT2D eigenvalue weighted by Gasteiger charge is -2.35. The van der Waals surface area contributed by atoms with E-state index in [4.69, 9.17) is 5.73 Å². The minimum Gasteiger partial charge on any atom is -0.350 e. The van der Waals surface area contributed by atoms with Crippen LogP contribution in [-0.2, 0) is 4.79 Å². The second-order valence-corrected chi connectivity index (χ2v) is 5.02. The predicted molar refractivity (Wildman–Crippen MR) is 84.4 cm³/mol. The van der Waals surface area contributed by atoms with Crippen molar-refractivity contribution in [2.24, 2.45) is 5.73 Å². The van der Waals surface area contributed by atoms with Crippen LogP contribution in [0, 0.1) is 0 Å². The van der Waals surface area contributed by atoms with Crippen LogP contribution in [0.1, 0.15) is 29.6 Å². The number of nitrogens with two attached hydrogens (primary N) is 1. The van der Waals surface area contributed by atoms with E-state index in [1.54, 1.807) is 17.0 Å². The summed E-state index contributed by atoms with van der Waals surface area (Å²) in [7, 11) is 0. The third kappa shape index (κ3) is 4.72. The van der Waals surface area contributed by atoms with E-state index < -0.39 is 0 Å². The largest absolute Gasteiger partial charge is 0.350 e. The first-order valence-electron chi connectivity index (χ1n) is 7.05. The van der Waals surface area contributed by atoms with Gasteiger partial charge in [-0.3, -0.25) is 9.59 Å². The molecule has 1 atom stereocenters. The fraction of sp³-hybridized carbons (Fsp3) is 0.467. The van der Waals surface area contributed by atoms with Crippen molar-refractivity contribution >= 4 is 24.2 Å². The number of halogens is 1. The molecule has 2 amide bonds. The smallest absolute Gasteiger partial charge is 0.251 e. The van der Waals surface area contributed by atoms with Crippen molar-refractivity contribution in [1.82, 2.24) is 10.2 Å². The molecule has 0 bridgehead atoms. The first kappa shape index (κ1) is 17.5. The maximum atomic E-state index is 12.0. The highest BCUT2D eigenvalue weighted by molar-refractivity contribution is 5.94. The monoisotopic (exact) mass is 311 g/mol. The summed E-state index contributed by atoms with van der Waals surface area (Å²) in [6.07, 6.45) is 3.01. The van der Waals surface area contributed by atoms with E-state index in [1.165, 1.54) is 0 Å². The van der Waals surface area contributed by atoms with Crippen LogP contribution in [0.3, 0.4) is 0 Å². The standard InChI is InChI=1S/C15H21N3O2.ClH/c16-10-14(19)18-9-5-4-8-13(18)11-17-15(20)12-6-2-1-3-7-12;/h1-3,6-7,13H,4-5,8-11,16H2,(H,17,20);1H. The van der Waals surface area contributed by atoms with Gasteiger partial charge in [0.15, 0.2) is 0 Å². The Labute approximate surface area is 131 Å². The minimum absolute atomic E-state index is 0. The van der Waals surface area contributed by atoms with Gasteiger partial charge >= 0.3 is 0 Å². The number of carbonyl (C=O) groups is 2. The van der Waals surface area contributed by atoms with Gasteiger partial charge in [0.05, 0.1) is 6.54 Å². The molecule has 1 aromatic rings. The van der Waals surface area contributed by atoms with E-state index in [1.807, 2.05) is 18.2 Å². The van der Waals surface area contributed by atoms with Gasteiger partial charge in [-0.2, -0.15) is 0 Å². The van der Waals surface area contributed by atoms with Crippen LogP contribution in [0.15, 0.2) is 30.3 Å². The van der Waals surface area contributed by atoms with Crippen LogP contribution >= 0.6 is 12.4 Å². The van der Waals surface area contributed by atoms with Gasteiger partial charge in [-0.15, -0.1) is 12.4 Å². The fourth-order valence-electron chi connectivity index (χ4n) is 2.56. The molecule has 1 fully saturated rings. The first-order valence-corrected chi connectivity index (χ1v) is 7.05. The lowest BCUT2D eigenvalue weighted by atomic mass is 10.0. The lowest BCUT2D eigenvalue weighted by Crippen LogP contribution is -2.51. The number of nitrogens with one attached hydrogen (secondary N) is 1. The van der Waals surface area contributed by atoms with Gasteiger partial charge < -0.3 is 16.0 Å². The number of likely N-dealkylation sites (tertiary alicyclic amines) is 1. The van der Waals surface area contributed by atoms with Crippen LogP contribution in [0.2, 0.25) is 0 Å². The zero-order valence-corrected chi connectivity index (χ0v) is 12.8. The summed E-state index contributed by atoms with van der Waals surface area (Å²) in [5.74, 6) is -0.139. The highest BCUT2D eigenvalue weighted by atomic mass is 35.5. The Morgan fingerprint density at radius 2 is 1.95 bits per heavy atom. The van der Waals surface area contributed by atoms with E-state index in [2.05, 4.69) is 5.32 Å². The van der Waals surface area contributed by atoms with Crippen LogP contribution in [-0.4, -0.2) is 42.4 Å². The molecular weight excluding hydrogens is 290 g/mol. The summed E-state index contributed by atoms with van der Waals surface area (Å²) in [6.45, 7) is 1.25. The molecule has 0 saturated carbocycles. The van der Waals surface area contributed by atoms with Crippen molar-refractivity contribution < 1.29 is 9.59 Å². The van der Waals surface area contributed by atoms with Gasteiger partial charge in [0.25, 0.3) is 5.91 Å². The zero-order valence-electron chi connectivity index (χ0n) is 12.0. The van der Waals surface area contributed by atoms with Gasteiger partial charge in [0, 0.05) is 24.7 Å². The molecule has 6 heteroatoms. The van der Waals surface area contributed by atoms with Crippen LogP contribution in [0.25, 0.3) is 0 Å². The Balaban J connectivity index is 0.00000220. The quantitative estimate of drug-likeness (QED) is 0.876. The molecule has 21 heavy (non-hydrogen) atoms. The average Bonchev–Trinajstić information content (AvgIpc) is 2.53. The van der Waals surface area contributed by atoms with Crippen molar-refractivity contribution in [2.45, 2.75) is 25.3 Å². The first-order chi connectivity index (χ1) is 9.72. The SMILES string of the molecule is Cl.NCC(=O)N1CCCCC1CNC(=O)c1ccccc1. The van der Waals surface area contributed by atoms with Crippen molar-refractivity contribution in [3.05, 3.63) is 35.9 Å². The Morgan fingerprint density at radius 3 is 2.62 bits per heavy atom.